The Kier molecular flexibility index (Phi) is 3.72. The Morgan fingerprint density at radius 2 is 1.83 bits per heavy atom. The van der Waals surface area contributed by atoms with Crippen LogP contribution >= 0.6 is 0 Å². The van der Waals surface area contributed by atoms with Crippen LogP contribution in [0.4, 0.5) is 10.5 Å². The lowest BCUT2D eigenvalue weighted by Gasteiger charge is -2.36. The molecule has 24 heavy (non-hydrogen) atoms. The fourth-order valence-electron chi connectivity index (χ4n) is 2.57. The SMILES string of the molecule is CN1C(=O)C2C(=Nc3ccc(C(N)=O)cc3)C=CN=C2N(C)C1=O. The van der Waals surface area contributed by atoms with E-state index in [1.807, 2.05) is 0 Å². The van der Waals surface area contributed by atoms with Crippen LogP contribution in [0.25, 0.3) is 0 Å². The molecule has 122 valence electrons. The van der Waals surface area contributed by atoms with E-state index in [1.54, 1.807) is 37.4 Å². The highest BCUT2D eigenvalue weighted by atomic mass is 16.2. The summed E-state index contributed by atoms with van der Waals surface area (Å²) in [5.74, 6) is -1.30. The molecular weight excluding hydrogens is 310 g/mol. The van der Waals surface area contributed by atoms with E-state index in [1.165, 1.54) is 18.1 Å². The standard InChI is InChI=1S/C16H15N5O3/c1-20-14-12(15(23)21(2)16(20)24)11(7-8-18-14)19-10-5-3-9(4-6-10)13(17)22/h3-8,12H,1-2H3,(H2,17,22). The number of carbonyl (C=O) groups is 3. The first-order chi connectivity index (χ1) is 11.4. The molecule has 8 heteroatoms. The van der Waals surface area contributed by atoms with Gasteiger partial charge in [0.25, 0.3) is 0 Å². The van der Waals surface area contributed by atoms with E-state index >= 15 is 0 Å². The number of nitrogens with two attached hydrogens (primary N) is 1. The first-order valence-corrected chi connectivity index (χ1v) is 7.18. The van der Waals surface area contributed by atoms with Crippen molar-refractivity contribution in [2.24, 2.45) is 21.6 Å². The van der Waals surface area contributed by atoms with Crippen LogP contribution in [0.2, 0.25) is 0 Å². The van der Waals surface area contributed by atoms with Crippen LogP contribution in [-0.2, 0) is 4.79 Å². The Hall–Kier alpha value is -3.29. The highest BCUT2D eigenvalue weighted by molar-refractivity contribution is 6.32. The summed E-state index contributed by atoms with van der Waals surface area (Å²) in [4.78, 5) is 46.6. The summed E-state index contributed by atoms with van der Waals surface area (Å²) in [6.45, 7) is 0. The second kappa shape index (κ2) is 5.73. The summed E-state index contributed by atoms with van der Waals surface area (Å²) in [6, 6.07) is 5.97. The summed E-state index contributed by atoms with van der Waals surface area (Å²) in [7, 11) is 2.99. The Morgan fingerprint density at radius 1 is 1.17 bits per heavy atom. The minimum atomic E-state index is -0.737. The number of primary amides is 1. The topological polar surface area (TPSA) is 108 Å². The van der Waals surface area contributed by atoms with Crippen LogP contribution in [0.5, 0.6) is 0 Å². The van der Waals surface area contributed by atoms with Crippen molar-refractivity contribution in [3.05, 3.63) is 42.1 Å². The molecule has 0 spiro atoms. The maximum atomic E-state index is 12.5. The molecule has 0 aromatic heterocycles. The number of aliphatic imine (C=N–C) groups is 2. The third-order valence-electron chi connectivity index (χ3n) is 3.91. The molecule has 0 bridgehead atoms. The van der Waals surface area contributed by atoms with Gasteiger partial charge in [0.1, 0.15) is 11.8 Å². The van der Waals surface area contributed by atoms with Crippen molar-refractivity contribution < 1.29 is 14.4 Å². The lowest BCUT2D eigenvalue weighted by atomic mass is 9.95. The number of rotatable bonds is 2. The zero-order valence-corrected chi connectivity index (χ0v) is 13.1. The summed E-state index contributed by atoms with van der Waals surface area (Å²) >= 11 is 0. The minimum Gasteiger partial charge on any atom is -0.366 e. The molecule has 8 nitrogen and oxygen atoms in total. The molecule has 3 rings (SSSR count). The van der Waals surface area contributed by atoms with Gasteiger partial charge in [-0.1, -0.05) is 0 Å². The average Bonchev–Trinajstić information content (AvgIpc) is 2.58. The van der Waals surface area contributed by atoms with Crippen LogP contribution in [0.1, 0.15) is 10.4 Å². The zero-order chi connectivity index (χ0) is 17.4. The van der Waals surface area contributed by atoms with E-state index in [4.69, 9.17) is 5.73 Å². The lowest BCUT2D eigenvalue weighted by molar-refractivity contribution is -0.128. The van der Waals surface area contributed by atoms with Crippen molar-refractivity contribution in [1.82, 2.24) is 9.80 Å². The Morgan fingerprint density at radius 3 is 2.46 bits per heavy atom. The second-order valence-corrected chi connectivity index (χ2v) is 5.42. The predicted octanol–water partition coefficient (Wildman–Crippen LogP) is 0.924. The van der Waals surface area contributed by atoms with Gasteiger partial charge in [0.05, 0.1) is 11.4 Å². The number of nitrogens with zero attached hydrogens (tertiary/aromatic N) is 4. The minimum absolute atomic E-state index is 0.345. The van der Waals surface area contributed by atoms with Crippen molar-refractivity contribution in [1.29, 1.82) is 0 Å². The molecule has 2 aliphatic rings. The van der Waals surface area contributed by atoms with Gasteiger partial charge in [-0.05, 0) is 30.3 Å². The molecule has 0 saturated carbocycles. The quantitative estimate of drug-likeness (QED) is 0.873. The Bertz CT molecular complexity index is 823. The highest BCUT2D eigenvalue weighted by Gasteiger charge is 2.43. The largest absolute Gasteiger partial charge is 0.366 e. The fourth-order valence-corrected chi connectivity index (χ4v) is 2.57. The molecule has 1 aromatic carbocycles. The van der Waals surface area contributed by atoms with Gasteiger partial charge >= 0.3 is 6.03 Å². The maximum Gasteiger partial charge on any atom is 0.331 e. The average molecular weight is 325 g/mol. The van der Waals surface area contributed by atoms with Crippen LogP contribution in [-0.4, -0.2) is 53.3 Å². The number of allylic oxidation sites excluding steroid dienone is 1. The molecule has 0 radical (unpaired) electrons. The van der Waals surface area contributed by atoms with Gasteiger partial charge in [-0.15, -0.1) is 0 Å². The van der Waals surface area contributed by atoms with Crippen molar-refractivity contribution in [3.8, 4) is 0 Å². The summed E-state index contributed by atoms with van der Waals surface area (Å²) < 4.78 is 0. The number of amides is 4. The van der Waals surface area contributed by atoms with Gasteiger partial charge in [0, 0.05) is 25.9 Å². The van der Waals surface area contributed by atoms with Crippen molar-refractivity contribution in [2.45, 2.75) is 0 Å². The molecule has 2 heterocycles. The normalized spacial score (nSPS) is 21.8. The van der Waals surface area contributed by atoms with Gasteiger partial charge in [0.15, 0.2) is 0 Å². The molecule has 1 atom stereocenters. The van der Waals surface area contributed by atoms with E-state index in [0.29, 0.717) is 22.8 Å². The first-order valence-electron chi connectivity index (χ1n) is 7.18. The summed E-state index contributed by atoms with van der Waals surface area (Å²) in [6.07, 6.45) is 3.14. The van der Waals surface area contributed by atoms with Crippen LogP contribution in [0.3, 0.4) is 0 Å². The molecule has 1 fully saturated rings. The number of benzene rings is 1. The number of hydrogen-bond acceptors (Lipinski definition) is 5. The number of imide groups is 1. The second-order valence-electron chi connectivity index (χ2n) is 5.42. The van der Waals surface area contributed by atoms with E-state index < -0.39 is 17.9 Å². The molecule has 2 aliphatic heterocycles. The van der Waals surface area contributed by atoms with Crippen LogP contribution in [0.15, 0.2) is 46.5 Å². The molecule has 1 saturated heterocycles. The number of urea groups is 1. The van der Waals surface area contributed by atoms with Crippen molar-refractivity contribution >= 4 is 35.1 Å². The molecule has 0 aliphatic carbocycles. The molecular formula is C16H15N5O3. The van der Waals surface area contributed by atoms with Crippen LogP contribution in [0, 0.1) is 5.92 Å². The third-order valence-corrected chi connectivity index (χ3v) is 3.91. The predicted molar refractivity (Wildman–Crippen MR) is 88.0 cm³/mol. The van der Waals surface area contributed by atoms with E-state index in [9.17, 15) is 14.4 Å². The number of hydrogen-bond donors (Lipinski definition) is 1. The van der Waals surface area contributed by atoms with Crippen molar-refractivity contribution in [3.63, 3.8) is 0 Å². The summed E-state index contributed by atoms with van der Waals surface area (Å²) in [5.41, 5.74) is 6.62. The molecule has 1 unspecified atom stereocenters. The fraction of sp³-hybridized carbons (Fsp3) is 0.188. The zero-order valence-electron chi connectivity index (χ0n) is 13.1. The van der Waals surface area contributed by atoms with Crippen molar-refractivity contribution in [2.75, 3.05) is 14.1 Å². The monoisotopic (exact) mass is 325 g/mol. The molecule has 1 aromatic rings. The van der Waals surface area contributed by atoms with Gasteiger partial charge in [0.2, 0.25) is 11.8 Å². The van der Waals surface area contributed by atoms with Crippen LogP contribution < -0.4 is 5.73 Å². The number of fused-ring (bicyclic) bond motifs is 1. The lowest BCUT2D eigenvalue weighted by Crippen LogP contribution is -2.59. The third kappa shape index (κ3) is 2.47. The molecule has 2 N–H and O–H groups in total. The maximum absolute atomic E-state index is 12.5. The Balaban J connectivity index is 1.98. The van der Waals surface area contributed by atoms with Gasteiger partial charge in [-0.3, -0.25) is 24.4 Å². The smallest absolute Gasteiger partial charge is 0.331 e. The first kappa shape index (κ1) is 15.6. The van der Waals surface area contributed by atoms with E-state index in [0.717, 1.165) is 4.90 Å². The van der Waals surface area contributed by atoms with Gasteiger partial charge < -0.3 is 5.73 Å². The summed E-state index contributed by atoms with van der Waals surface area (Å²) in [5, 5.41) is 0. The number of carbonyl (C=O) groups excluding carboxylic acids is 3. The Labute approximate surface area is 138 Å². The number of amidine groups is 1. The molecule has 4 amide bonds. The van der Waals surface area contributed by atoms with E-state index in [2.05, 4.69) is 9.98 Å². The van der Waals surface area contributed by atoms with Gasteiger partial charge in [-0.25, -0.2) is 9.79 Å². The van der Waals surface area contributed by atoms with E-state index in [-0.39, 0.29) is 5.91 Å². The highest BCUT2D eigenvalue weighted by Crippen LogP contribution is 2.24. The van der Waals surface area contributed by atoms with Gasteiger partial charge in [-0.2, -0.15) is 0 Å².